The molecule has 5 nitrogen and oxygen atoms in total. The average Bonchev–Trinajstić information content (AvgIpc) is 3.45. The second kappa shape index (κ2) is 5.43. The highest BCUT2D eigenvalue weighted by Crippen LogP contribution is 2.39. The van der Waals surface area contributed by atoms with Gasteiger partial charge in [0, 0.05) is 23.4 Å². The van der Waals surface area contributed by atoms with Gasteiger partial charge in [0.15, 0.2) is 0 Å². The van der Waals surface area contributed by atoms with Gasteiger partial charge in [0.05, 0.1) is 35.6 Å². The van der Waals surface area contributed by atoms with Gasteiger partial charge in [0.25, 0.3) is 0 Å². The molecule has 2 aromatic heterocycles. The number of esters is 1. The lowest BCUT2D eigenvalue weighted by molar-refractivity contribution is 0.0601. The number of benzene rings is 1. The predicted octanol–water partition coefficient (Wildman–Crippen LogP) is 3.36. The van der Waals surface area contributed by atoms with Crippen LogP contribution in [0, 0.1) is 0 Å². The van der Waals surface area contributed by atoms with E-state index in [4.69, 9.17) is 4.74 Å². The molecule has 0 N–H and O–H groups in total. The number of carbonyl (C=O) groups excluding carboxylic acids is 1. The van der Waals surface area contributed by atoms with Gasteiger partial charge in [-0.05, 0) is 43.2 Å². The van der Waals surface area contributed by atoms with Gasteiger partial charge < -0.3 is 4.74 Å². The van der Waals surface area contributed by atoms with Gasteiger partial charge in [-0.2, -0.15) is 0 Å². The molecule has 1 fully saturated rings. The Morgan fingerprint density at radius 1 is 1.09 bits per heavy atom. The number of hydrogen-bond acceptors (Lipinski definition) is 5. The summed E-state index contributed by atoms with van der Waals surface area (Å²) in [6, 6.07) is 9.25. The molecule has 0 radical (unpaired) electrons. The van der Waals surface area contributed by atoms with E-state index in [2.05, 4.69) is 21.0 Å². The largest absolute Gasteiger partial charge is 0.465 e. The highest BCUT2D eigenvalue weighted by molar-refractivity contribution is 5.93. The van der Waals surface area contributed by atoms with Crippen LogP contribution in [-0.4, -0.2) is 28.0 Å². The number of hydrogen-bond donors (Lipinski definition) is 0. The van der Waals surface area contributed by atoms with Crippen LogP contribution in [0.4, 0.5) is 0 Å². The van der Waals surface area contributed by atoms with Crippen molar-refractivity contribution in [3.63, 3.8) is 0 Å². The molecule has 4 rings (SSSR count). The van der Waals surface area contributed by atoms with Crippen LogP contribution in [0.3, 0.4) is 0 Å². The molecule has 0 saturated heterocycles. The Kier molecular flexibility index (Phi) is 3.26. The molecule has 5 heteroatoms. The van der Waals surface area contributed by atoms with Crippen LogP contribution in [0.25, 0.3) is 22.3 Å². The number of pyridine rings is 1. The van der Waals surface area contributed by atoms with Gasteiger partial charge in [-0.25, -0.2) is 9.78 Å². The van der Waals surface area contributed by atoms with Crippen LogP contribution in [0.1, 0.15) is 34.8 Å². The molecule has 114 valence electrons. The highest BCUT2D eigenvalue weighted by atomic mass is 16.5. The zero-order chi connectivity index (χ0) is 15.8. The summed E-state index contributed by atoms with van der Waals surface area (Å²) in [5.41, 5.74) is 4.69. The number of rotatable bonds is 3. The summed E-state index contributed by atoms with van der Waals surface area (Å²) in [4.78, 5) is 25.2. The molecule has 1 aliphatic rings. The first-order chi connectivity index (χ1) is 11.2. The Morgan fingerprint density at radius 2 is 1.96 bits per heavy atom. The summed E-state index contributed by atoms with van der Waals surface area (Å²) in [5.74, 6) is 0.254. The molecule has 23 heavy (non-hydrogen) atoms. The zero-order valence-electron chi connectivity index (χ0n) is 12.7. The van der Waals surface area contributed by atoms with Crippen LogP contribution in [0.15, 0.2) is 42.7 Å². The van der Waals surface area contributed by atoms with E-state index >= 15 is 0 Å². The Labute approximate surface area is 133 Å². The topological polar surface area (TPSA) is 65.0 Å². The Bertz CT molecular complexity index is 886. The maximum absolute atomic E-state index is 11.6. The molecular formula is C18H15N3O2. The number of nitrogens with zero attached hydrogens (tertiary/aromatic N) is 3. The van der Waals surface area contributed by atoms with Crippen molar-refractivity contribution in [3.05, 3.63) is 54.0 Å². The van der Waals surface area contributed by atoms with Crippen LogP contribution in [-0.2, 0) is 4.74 Å². The van der Waals surface area contributed by atoms with Crippen LogP contribution < -0.4 is 0 Å². The quantitative estimate of drug-likeness (QED) is 0.694. The molecule has 2 heterocycles. The number of methoxy groups -OCH3 is 1. The van der Waals surface area contributed by atoms with E-state index in [9.17, 15) is 4.79 Å². The lowest BCUT2D eigenvalue weighted by atomic mass is 10.1. The summed E-state index contributed by atoms with van der Waals surface area (Å²) < 4.78 is 4.74. The van der Waals surface area contributed by atoms with E-state index in [-0.39, 0.29) is 5.97 Å². The van der Waals surface area contributed by atoms with Crippen molar-refractivity contribution < 1.29 is 9.53 Å². The van der Waals surface area contributed by atoms with Gasteiger partial charge in [0.1, 0.15) is 0 Å². The highest BCUT2D eigenvalue weighted by Gasteiger charge is 2.24. The third-order valence-electron chi connectivity index (χ3n) is 4.04. The summed E-state index contributed by atoms with van der Waals surface area (Å²) >= 11 is 0. The number of carbonyl (C=O) groups is 1. The molecule has 0 amide bonds. The summed E-state index contributed by atoms with van der Waals surface area (Å²) in [5, 5.41) is 0. The molecule has 0 bridgehead atoms. The molecule has 0 aliphatic heterocycles. The zero-order valence-corrected chi connectivity index (χ0v) is 12.7. The monoisotopic (exact) mass is 305 g/mol. The van der Waals surface area contributed by atoms with Crippen molar-refractivity contribution in [1.82, 2.24) is 15.0 Å². The number of ether oxygens (including phenoxy) is 1. The molecule has 3 aromatic rings. The number of fused-ring (bicyclic) bond motifs is 1. The van der Waals surface area contributed by atoms with Crippen molar-refractivity contribution >= 4 is 17.0 Å². The van der Waals surface area contributed by atoms with Crippen LogP contribution in [0.2, 0.25) is 0 Å². The molecular weight excluding hydrogens is 290 g/mol. The second-order valence-electron chi connectivity index (χ2n) is 5.70. The molecule has 1 aliphatic carbocycles. The molecule has 0 atom stereocenters. The third kappa shape index (κ3) is 2.65. The van der Waals surface area contributed by atoms with Crippen LogP contribution >= 0.6 is 0 Å². The Hall–Kier alpha value is -2.82. The SMILES string of the molecule is COC(=O)c1ccc2ncc(-c3ccc(C4CC4)nc3)nc2c1. The van der Waals surface area contributed by atoms with Crippen molar-refractivity contribution in [2.24, 2.45) is 0 Å². The maximum Gasteiger partial charge on any atom is 0.337 e. The molecule has 1 saturated carbocycles. The van der Waals surface area contributed by atoms with Crippen molar-refractivity contribution in [2.45, 2.75) is 18.8 Å². The van der Waals surface area contributed by atoms with Crippen LogP contribution in [0.5, 0.6) is 0 Å². The normalized spacial score (nSPS) is 14.0. The van der Waals surface area contributed by atoms with E-state index in [0.29, 0.717) is 17.0 Å². The first-order valence-electron chi connectivity index (χ1n) is 7.56. The van der Waals surface area contributed by atoms with Gasteiger partial charge in [-0.15, -0.1) is 0 Å². The van der Waals surface area contributed by atoms with Crippen molar-refractivity contribution in [3.8, 4) is 11.3 Å². The average molecular weight is 305 g/mol. The third-order valence-corrected chi connectivity index (χ3v) is 4.04. The van der Waals surface area contributed by atoms with Gasteiger partial charge in [0.2, 0.25) is 0 Å². The molecule has 1 aromatic carbocycles. The number of aromatic nitrogens is 3. The fraction of sp³-hybridized carbons (Fsp3) is 0.222. The Morgan fingerprint density at radius 3 is 2.65 bits per heavy atom. The lowest BCUT2D eigenvalue weighted by Crippen LogP contribution is -2.01. The van der Waals surface area contributed by atoms with Crippen molar-refractivity contribution in [2.75, 3.05) is 7.11 Å². The van der Waals surface area contributed by atoms with Gasteiger partial charge in [-0.1, -0.05) is 0 Å². The molecule has 0 spiro atoms. The minimum atomic E-state index is -0.380. The van der Waals surface area contributed by atoms with E-state index in [1.54, 1.807) is 24.4 Å². The lowest BCUT2D eigenvalue weighted by Gasteiger charge is -2.05. The smallest absolute Gasteiger partial charge is 0.337 e. The van der Waals surface area contributed by atoms with E-state index < -0.39 is 0 Å². The fourth-order valence-corrected chi connectivity index (χ4v) is 2.57. The minimum Gasteiger partial charge on any atom is -0.465 e. The second-order valence-corrected chi connectivity index (χ2v) is 5.70. The summed E-state index contributed by atoms with van der Waals surface area (Å²) in [6.07, 6.45) is 6.04. The maximum atomic E-state index is 11.6. The van der Waals surface area contributed by atoms with Gasteiger partial charge in [-0.3, -0.25) is 9.97 Å². The minimum absolute atomic E-state index is 0.380. The predicted molar refractivity (Wildman–Crippen MR) is 86.1 cm³/mol. The van der Waals surface area contributed by atoms with Gasteiger partial charge >= 0.3 is 5.97 Å². The fourth-order valence-electron chi connectivity index (χ4n) is 2.57. The van der Waals surface area contributed by atoms with E-state index in [1.165, 1.54) is 20.0 Å². The summed E-state index contributed by atoms with van der Waals surface area (Å²) in [6.45, 7) is 0. The van der Waals surface area contributed by atoms with E-state index in [0.717, 1.165) is 22.5 Å². The first kappa shape index (κ1) is 13.8. The Balaban J connectivity index is 1.72. The van der Waals surface area contributed by atoms with E-state index in [1.807, 2.05) is 12.3 Å². The first-order valence-corrected chi connectivity index (χ1v) is 7.56. The molecule has 0 unspecified atom stereocenters. The standard InChI is InChI=1S/C18H15N3O2/c1-23-18(22)12-4-7-15-16(8-12)21-17(10-20-15)13-5-6-14(19-9-13)11-2-3-11/h4-11H,2-3H2,1H3. The summed E-state index contributed by atoms with van der Waals surface area (Å²) in [7, 11) is 1.36. The van der Waals surface area contributed by atoms with Crippen molar-refractivity contribution in [1.29, 1.82) is 0 Å².